The highest BCUT2D eigenvalue weighted by Crippen LogP contribution is 2.34. The first-order chi connectivity index (χ1) is 14.9. The van der Waals surface area contributed by atoms with Crippen molar-refractivity contribution < 1.29 is 14.3 Å². The van der Waals surface area contributed by atoms with Gasteiger partial charge in [-0.2, -0.15) is 0 Å². The van der Waals surface area contributed by atoms with Crippen molar-refractivity contribution in [1.29, 1.82) is 0 Å². The van der Waals surface area contributed by atoms with Crippen LogP contribution in [0.25, 0.3) is 17.1 Å². The normalized spacial score (nSPS) is 11.6. The van der Waals surface area contributed by atoms with Crippen molar-refractivity contribution >= 4 is 23.7 Å². The second-order valence-corrected chi connectivity index (χ2v) is 8.09. The summed E-state index contributed by atoms with van der Waals surface area (Å²) in [5.74, 6) is 0.857. The summed E-state index contributed by atoms with van der Waals surface area (Å²) in [6, 6.07) is 15.0. The Morgan fingerprint density at radius 2 is 1.84 bits per heavy atom. The van der Waals surface area contributed by atoms with Gasteiger partial charge in [0.25, 0.3) is 0 Å². The minimum Gasteiger partial charge on any atom is -0.496 e. The van der Waals surface area contributed by atoms with Gasteiger partial charge in [-0.15, -0.1) is 10.2 Å². The van der Waals surface area contributed by atoms with Crippen molar-refractivity contribution in [3.8, 4) is 22.8 Å². The summed E-state index contributed by atoms with van der Waals surface area (Å²) >= 11 is 1.22. The quantitative estimate of drug-likeness (QED) is 0.546. The van der Waals surface area contributed by atoms with Crippen molar-refractivity contribution in [2.75, 3.05) is 13.7 Å². The summed E-state index contributed by atoms with van der Waals surface area (Å²) in [5, 5.41) is 13.6. The number of amides is 3. The summed E-state index contributed by atoms with van der Waals surface area (Å²) in [5.41, 5.74) is 2.76. The van der Waals surface area contributed by atoms with Gasteiger partial charge in [-0.3, -0.25) is 14.7 Å². The highest BCUT2D eigenvalue weighted by Gasteiger charge is 2.24. The minimum atomic E-state index is -0.568. The van der Waals surface area contributed by atoms with E-state index in [0.29, 0.717) is 23.3 Å². The monoisotopic (exact) mass is 439 g/mol. The fraction of sp³-hybridized carbons (Fsp3) is 0.273. The van der Waals surface area contributed by atoms with Crippen molar-refractivity contribution in [1.82, 2.24) is 25.4 Å². The van der Waals surface area contributed by atoms with E-state index < -0.39 is 17.2 Å². The van der Waals surface area contributed by atoms with Crippen LogP contribution < -0.4 is 15.4 Å². The third kappa shape index (κ3) is 5.24. The van der Waals surface area contributed by atoms with E-state index in [4.69, 9.17) is 4.74 Å². The molecule has 1 heterocycles. The van der Waals surface area contributed by atoms with E-state index in [9.17, 15) is 9.59 Å². The van der Waals surface area contributed by atoms with Gasteiger partial charge in [0.2, 0.25) is 5.91 Å². The second kappa shape index (κ2) is 10.1. The molecule has 0 radical (unpaired) electrons. The molecule has 1 unspecified atom stereocenters. The molecule has 3 amide bonds. The first-order valence-electron chi connectivity index (χ1n) is 9.85. The lowest BCUT2D eigenvalue weighted by molar-refractivity contribution is -0.119. The maximum Gasteiger partial charge on any atom is 0.321 e. The summed E-state index contributed by atoms with van der Waals surface area (Å²) in [4.78, 5) is 24.1. The fourth-order valence-corrected chi connectivity index (χ4v) is 3.77. The Hall–Kier alpha value is -3.33. The summed E-state index contributed by atoms with van der Waals surface area (Å²) in [6.07, 6.45) is 0. The van der Waals surface area contributed by atoms with E-state index in [0.717, 1.165) is 16.8 Å². The first-order valence-corrected chi connectivity index (χ1v) is 10.7. The number of ether oxygens (including phenoxy) is 1. The largest absolute Gasteiger partial charge is 0.496 e. The van der Waals surface area contributed by atoms with Crippen LogP contribution in [-0.2, 0) is 4.79 Å². The molecule has 1 atom stereocenters. The number of hydrogen-bond acceptors (Lipinski definition) is 6. The average molecular weight is 440 g/mol. The van der Waals surface area contributed by atoms with Gasteiger partial charge in [0, 0.05) is 12.2 Å². The van der Waals surface area contributed by atoms with Crippen molar-refractivity contribution in [3.63, 3.8) is 0 Å². The molecule has 9 heteroatoms. The number of benzene rings is 2. The number of urea groups is 1. The SMILES string of the molecule is CCNC(=O)NC(=O)C(C)Sc1nnc(-c2ccccc2OC)n1-c1ccc(C)cc1. The van der Waals surface area contributed by atoms with Crippen LogP contribution in [0.3, 0.4) is 0 Å². The number of carbonyl (C=O) groups excluding carboxylic acids is 2. The molecule has 162 valence electrons. The maximum atomic E-state index is 12.4. The van der Waals surface area contributed by atoms with Gasteiger partial charge in [-0.1, -0.05) is 41.6 Å². The lowest BCUT2D eigenvalue weighted by Gasteiger charge is -2.15. The number of aromatic nitrogens is 3. The van der Waals surface area contributed by atoms with E-state index in [1.165, 1.54) is 11.8 Å². The highest BCUT2D eigenvalue weighted by molar-refractivity contribution is 8.00. The average Bonchev–Trinajstić information content (AvgIpc) is 3.17. The van der Waals surface area contributed by atoms with Crippen LogP contribution in [0.15, 0.2) is 53.7 Å². The number of rotatable bonds is 7. The summed E-state index contributed by atoms with van der Waals surface area (Å²) in [6.45, 7) is 5.95. The number of methoxy groups -OCH3 is 1. The molecule has 3 aromatic rings. The Bertz CT molecular complexity index is 1070. The zero-order chi connectivity index (χ0) is 22.4. The van der Waals surface area contributed by atoms with Crippen LogP contribution in [0, 0.1) is 6.92 Å². The molecule has 0 aliphatic carbocycles. The number of aryl methyl sites for hydroxylation is 1. The summed E-state index contributed by atoms with van der Waals surface area (Å²) < 4.78 is 7.40. The van der Waals surface area contributed by atoms with Gasteiger partial charge in [0.15, 0.2) is 11.0 Å². The number of imide groups is 1. The van der Waals surface area contributed by atoms with Gasteiger partial charge in [0.1, 0.15) is 5.75 Å². The standard InChI is InChI=1S/C22H25N5O3S/c1-5-23-21(29)24-20(28)15(3)31-22-26-25-19(17-8-6-7-9-18(17)30-4)27(22)16-12-10-14(2)11-13-16/h6-13,15H,5H2,1-4H3,(H2,23,24,28,29). The predicted molar refractivity (Wildman–Crippen MR) is 121 cm³/mol. The Labute approximate surface area is 185 Å². The fourth-order valence-electron chi connectivity index (χ4n) is 2.91. The van der Waals surface area contributed by atoms with Crippen LogP contribution in [0.4, 0.5) is 4.79 Å². The van der Waals surface area contributed by atoms with Crippen LogP contribution in [0.2, 0.25) is 0 Å². The zero-order valence-electron chi connectivity index (χ0n) is 17.9. The van der Waals surface area contributed by atoms with Crippen LogP contribution in [-0.4, -0.2) is 45.6 Å². The molecule has 2 aromatic carbocycles. The molecule has 0 saturated carbocycles. The molecule has 2 N–H and O–H groups in total. The molecule has 0 aliphatic rings. The molecule has 0 aliphatic heterocycles. The predicted octanol–water partition coefficient (Wildman–Crippen LogP) is 3.58. The van der Waals surface area contributed by atoms with Crippen molar-refractivity contribution in [2.45, 2.75) is 31.2 Å². The lowest BCUT2D eigenvalue weighted by atomic mass is 10.1. The maximum absolute atomic E-state index is 12.4. The molecular weight excluding hydrogens is 414 g/mol. The first kappa shape index (κ1) is 22.4. The number of carbonyl (C=O) groups is 2. The van der Waals surface area contributed by atoms with E-state index in [2.05, 4.69) is 20.8 Å². The molecule has 0 bridgehead atoms. The van der Waals surface area contributed by atoms with Crippen LogP contribution in [0.5, 0.6) is 5.75 Å². The van der Waals surface area contributed by atoms with Gasteiger partial charge >= 0.3 is 6.03 Å². The molecule has 3 rings (SSSR count). The second-order valence-electron chi connectivity index (χ2n) is 6.79. The Morgan fingerprint density at radius 3 is 2.52 bits per heavy atom. The molecule has 0 spiro atoms. The zero-order valence-corrected chi connectivity index (χ0v) is 18.7. The summed E-state index contributed by atoms with van der Waals surface area (Å²) in [7, 11) is 1.61. The van der Waals surface area contributed by atoms with Gasteiger partial charge in [-0.25, -0.2) is 4.79 Å². The van der Waals surface area contributed by atoms with Gasteiger partial charge in [0.05, 0.1) is 17.9 Å². The number of nitrogens with one attached hydrogen (secondary N) is 2. The Balaban J connectivity index is 1.99. The highest BCUT2D eigenvalue weighted by atomic mass is 32.2. The van der Waals surface area contributed by atoms with Crippen LogP contribution in [0.1, 0.15) is 19.4 Å². The van der Waals surface area contributed by atoms with E-state index in [1.54, 1.807) is 21.0 Å². The van der Waals surface area contributed by atoms with E-state index in [-0.39, 0.29) is 0 Å². The molecule has 1 aromatic heterocycles. The van der Waals surface area contributed by atoms with Gasteiger partial charge < -0.3 is 10.1 Å². The molecule has 8 nitrogen and oxygen atoms in total. The Kier molecular flexibility index (Phi) is 7.30. The minimum absolute atomic E-state index is 0.409. The van der Waals surface area contributed by atoms with Crippen molar-refractivity contribution in [3.05, 3.63) is 54.1 Å². The molecule has 0 fully saturated rings. The third-order valence-electron chi connectivity index (χ3n) is 4.50. The lowest BCUT2D eigenvalue weighted by Crippen LogP contribution is -2.42. The number of hydrogen-bond donors (Lipinski definition) is 2. The Morgan fingerprint density at radius 1 is 1.13 bits per heavy atom. The van der Waals surface area contributed by atoms with Gasteiger partial charge in [-0.05, 0) is 45.0 Å². The molecular formula is C22H25N5O3S. The number of nitrogens with zero attached hydrogens (tertiary/aromatic N) is 3. The van der Waals surface area contributed by atoms with Crippen LogP contribution >= 0.6 is 11.8 Å². The van der Waals surface area contributed by atoms with E-state index >= 15 is 0 Å². The molecule has 0 saturated heterocycles. The number of thioether (sulfide) groups is 1. The number of para-hydroxylation sites is 1. The van der Waals surface area contributed by atoms with E-state index in [1.807, 2.05) is 60.0 Å². The molecule has 31 heavy (non-hydrogen) atoms. The third-order valence-corrected chi connectivity index (χ3v) is 5.54. The van der Waals surface area contributed by atoms with Crippen molar-refractivity contribution in [2.24, 2.45) is 0 Å². The topological polar surface area (TPSA) is 98.1 Å². The smallest absolute Gasteiger partial charge is 0.321 e.